The van der Waals surface area contributed by atoms with E-state index in [1.165, 1.54) is 4.90 Å². The van der Waals surface area contributed by atoms with Crippen molar-refractivity contribution in [2.45, 2.75) is 16.2 Å². The molecule has 2 aromatic rings. The van der Waals surface area contributed by atoms with Gasteiger partial charge in [-0.05, 0) is 36.4 Å². The number of hydrogen-bond donors (Lipinski definition) is 1. The molecule has 24 heavy (non-hydrogen) atoms. The van der Waals surface area contributed by atoms with Crippen LogP contribution < -0.4 is 28.9 Å². The molecule has 1 heterocycles. The van der Waals surface area contributed by atoms with Crippen LogP contribution in [0.1, 0.15) is 6.42 Å². The van der Waals surface area contributed by atoms with Gasteiger partial charge in [-0.15, -0.1) is 0 Å². The lowest BCUT2D eigenvalue weighted by molar-refractivity contribution is -0.870. The quantitative estimate of drug-likeness (QED) is 0.537. The summed E-state index contributed by atoms with van der Waals surface area (Å²) in [5, 5.41) is 10.5. The first-order valence-corrected chi connectivity index (χ1v) is 8.91. The van der Waals surface area contributed by atoms with Crippen LogP contribution in [0.25, 0.3) is 0 Å². The maximum Gasteiger partial charge on any atom is 0.116 e. The zero-order valence-electron chi connectivity index (χ0n) is 14.1. The fourth-order valence-corrected chi connectivity index (χ4v) is 4.06. The number of halogens is 2. The number of aromatic hydroxyl groups is 1. The van der Waals surface area contributed by atoms with Gasteiger partial charge in [0.25, 0.3) is 0 Å². The molecule has 6 heteroatoms. The number of phenols is 1. The van der Waals surface area contributed by atoms with Crippen LogP contribution in [-0.4, -0.2) is 43.8 Å². The smallest absolute Gasteiger partial charge is 0.116 e. The third kappa shape index (κ3) is 4.50. The number of fused-ring (bicyclic) bond motifs is 2. The predicted molar refractivity (Wildman–Crippen MR) is 98.2 cm³/mol. The first-order valence-electron chi connectivity index (χ1n) is 7.72. The molecule has 0 amide bonds. The number of nitrogens with zero attached hydrogens (tertiary/aromatic N) is 2. The van der Waals surface area contributed by atoms with E-state index >= 15 is 0 Å². The van der Waals surface area contributed by atoms with Gasteiger partial charge < -0.3 is 38.5 Å². The Bertz CT molecular complexity index is 733. The van der Waals surface area contributed by atoms with Crippen molar-refractivity contribution in [1.29, 1.82) is 0 Å². The van der Waals surface area contributed by atoms with Crippen LogP contribution in [0.5, 0.6) is 5.75 Å². The van der Waals surface area contributed by atoms with Crippen LogP contribution in [0.2, 0.25) is 5.02 Å². The molecule has 0 atom stereocenters. The molecule has 1 aliphatic rings. The molecule has 0 radical (unpaired) electrons. The van der Waals surface area contributed by atoms with Gasteiger partial charge in [0.15, 0.2) is 0 Å². The molecule has 2 aromatic carbocycles. The number of anilines is 2. The molecule has 130 valence electrons. The first-order chi connectivity index (χ1) is 10.8. The first kappa shape index (κ1) is 19.7. The Morgan fingerprint density at radius 1 is 1.04 bits per heavy atom. The average molecular weight is 477 g/mol. The summed E-state index contributed by atoms with van der Waals surface area (Å²) in [7, 11) is 6.63. The van der Waals surface area contributed by atoms with E-state index in [1.807, 2.05) is 24.3 Å². The fraction of sp³-hybridized carbons (Fsp3) is 0.333. The molecular formula is C18H22ClIN2OS. The van der Waals surface area contributed by atoms with Crippen molar-refractivity contribution in [3.8, 4) is 5.75 Å². The molecule has 0 fully saturated rings. The Balaban J connectivity index is 0.00000208. The van der Waals surface area contributed by atoms with Crippen molar-refractivity contribution in [3.63, 3.8) is 0 Å². The summed E-state index contributed by atoms with van der Waals surface area (Å²) < 4.78 is 0.952. The summed E-state index contributed by atoms with van der Waals surface area (Å²) in [6, 6.07) is 11.6. The average Bonchev–Trinajstić information content (AvgIpc) is 2.45. The SMILES string of the molecule is C[N+](C)(C)CCCN1c2ccc(O)cc2Sc2ccc(Cl)cc21.[I-]. The van der Waals surface area contributed by atoms with Crippen LogP contribution in [0, 0.1) is 0 Å². The zero-order valence-corrected chi connectivity index (χ0v) is 17.8. The summed E-state index contributed by atoms with van der Waals surface area (Å²) in [6.07, 6.45) is 1.08. The molecule has 1 N–H and O–H groups in total. The zero-order chi connectivity index (χ0) is 16.6. The summed E-state index contributed by atoms with van der Waals surface area (Å²) in [4.78, 5) is 4.59. The Morgan fingerprint density at radius 3 is 2.50 bits per heavy atom. The highest BCUT2D eigenvalue weighted by Crippen LogP contribution is 2.49. The van der Waals surface area contributed by atoms with E-state index in [0.29, 0.717) is 5.75 Å². The largest absolute Gasteiger partial charge is 1.00 e. The van der Waals surface area contributed by atoms with Gasteiger partial charge >= 0.3 is 0 Å². The second-order valence-electron chi connectivity index (χ2n) is 6.89. The fourth-order valence-electron chi connectivity index (χ4n) is 2.79. The molecular weight excluding hydrogens is 455 g/mol. The molecule has 0 saturated heterocycles. The molecule has 0 aromatic heterocycles. The summed E-state index contributed by atoms with van der Waals surface area (Å²) in [5.74, 6) is 0.306. The maximum atomic E-state index is 9.79. The van der Waals surface area contributed by atoms with Gasteiger partial charge in [0.05, 0.1) is 39.1 Å². The predicted octanol–water partition coefficient (Wildman–Crippen LogP) is 1.75. The van der Waals surface area contributed by atoms with Gasteiger partial charge in [0.1, 0.15) is 5.75 Å². The molecule has 1 aliphatic heterocycles. The number of benzene rings is 2. The summed E-state index contributed by atoms with van der Waals surface area (Å²) >= 11 is 7.91. The van der Waals surface area contributed by atoms with E-state index < -0.39 is 0 Å². The molecule has 3 rings (SSSR count). The Labute approximate surface area is 170 Å². The molecule has 0 saturated carbocycles. The van der Waals surface area contributed by atoms with Crippen LogP contribution in [0.4, 0.5) is 11.4 Å². The standard InChI is InChI=1S/C18H21ClN2OS.HI/c1-21(2,3)10-4-9-20-15-7-6-14(22)12-18(15)23-17-8-5-13(19)11-16(17)20;/h5-8,11-12H,4,9-10H2,1-3H3;1H. The molecule has 0 aliphatic carbocycles. The van der Waals surface area contributed by atoms with E-state index in [2.05, 4.69) is 32.1 Å². The van der Waals surface area contributed by atoms with Gasteiger partial charge in [-0.2, -0.15) is 0 Å². The van der Waals surface area contributed by atoms with E-state index in [0.717, 1.165) is 45.3 Å². The second kappa shape index (κ2) is 7.72. The lowest BCUT2D eigenvalue weighted by Crippen LogP contribution is -3.00. The van der Waals surface area contributed by atoms with Crippen LogP contribution in [0.3, 0.4) is 0 Å². The number of phenolic OH excluding ortho intramolecular Hbond substituents is 1. The van der Waals surface area contributed by atoms with Gasteiger partial charge in [-0.25, -0.2) is 0 Å². The van der Waals surface area contributed by atoms with Gasteiger partial charge in [-0.3, -0.25) is 0 Å². The topological polar surface area (TPSA) is 23.5 Å². The monoisotopic (exact) mass is 476 g/mol. The van der Waals surface area contributed by atoms with Crippen LogP contribution in [-0.2, 0) is 0 Å². The highest BCUT2D eigenvalue weighted by molar-refractivity contribution is 7.99. The molecule has 3 nitrogen and oxygen atoms in total. The summed E-state index contributed by atoms with van der Waals surface area (Å²) in [6.45, 7) is 2.04. The van der Waals surface area contributed by atoms with Crippen LogP contribution in [0.15, 0.2) is 46.2 Å². The molecule has 0 bridgehead atoms. The highest BCUT2D eigenvalue weighted by Gasteiger charge is 2.24. The Morgan fingerprint density at radius 2 is 1.79 bits per heavy atom. The maximum absolute atomic E-state index is 9.79. The van der Waals surface area contributed by atoms with E-state index in [4.69, 9.17) is 11.6 Å². The summed E-state index contributed by atoms with van der Waals surface area (Å²) in [5.41, 5.74) is 2.30. The third-order valence-electron chi connectivity index (χ3n) is 3.88. The van der Waals surface area contributed by atoms with Gasteiger partial charge in [-0.1, -0.05) is 23.4 Å². The lowest BCUT2D eigenvalue weighted by atomic mass is 10.2. The third-order valence-corrected chi connectivity index (χ3v) is 5.22. The molecule has 0 unspecified atom stereocenters. The van der Waals surface area contributed by atoms with E-state index in [1.54, 1.807) is 17.8 Å². The minimum Gasteiger partial charge on any atom is -1.00 e. The number of rotatable bonds is 4. The lowest BCUT2D eigenvalue weighted by Gasteiger charge is -2.34. The number of quaternary nitrogens is 1. The second-order valence-corrected chi connectivity index (χ2v) is 8.41. The van der Waals surface area contributed by atoms with Crippen molar-refractivity contribution in [1.82, 2.24) is 0 Å². The highest BCUT2D eigenvalue weighted by atomic mass is 127. The van der Waals surface area contributed by atoms with Crippen LogP contribution >= 0.6 is 23.4 Å². The van der Waals surface area contributed by atoms with Crippen molar-refractivity contribution in [2.75, 3.05) is 39.1 Å². The van der Waals surface area contributed by atoms with E-state index in [-0.39, 0.29) is 24.0 Å². The van der Waals surface area contributed by atoms with Crippen molar-refractivity contribution >= 4 is 34.7 Å². The van der Waals surface area contributed by atoms with Crippen molar-refractivity contribution in [2.24, 2.45) is 0 Å². The Kier molecular flexibility index (Phi) is 6.34. The normalized spacial score (nSPS) is 13.1. The van der Waals surface area contributed by atoms with E-state index in [9.17, 15) is 5.11 Å². The molecule has 0 spiro atoms. The Hall–Kier alpha value is -0.630. The van der Waals surface area contributed by atoms with Gasteiger partial charge in [0.2, 0.25) is 0 Å². The van der Waals surface area contributed by atoms with Crippen molar-refractivity contribution in [3.05, 3.63) is 41.4 Å². The van der Waals surface area contributed by atoms with Gasteiger partial charge in [0, 0.05) is 27.8 Å². The minimum atomic E-state index is 0. The van der Waals surface area contributed by atoms with Crippen molar-refractivity contribution < 1.29 is 33.6 Å². The minimum absolute atomic E-state index is 0. The number of hydrogen-bond acceptors (Lipinski definition) is 3.